The lowest BCUT2D eigenvalue weighted by atomic mass is 10.1. The van der Waals surface area contributed by atoms with Crippen molar-refractivity contribution in [1.29, 1.82) is 0 Å². The van der Waals surface area contributed by atoms with Crippen LogP contribution in [0.3, 0.4) is 0 Å². The van der Waals surface area contributed by atoms with Gasteiger partial charge >= 0.3 is 0 Å². The van der Waals surface area contributed by atoms with Crippen molar-refractivity contribution in [1.82, 2.24) is 9.78 Å². The zero-order valence-corrected chi connectivity index (χ0v) is 18.6. The predicted molar refractivity (Wildman–Crippen MR) is 120 cm³/mol. The van der Waals surface area contributed by atoms with Crippen LogP contribution in [-0.4, -0.2) is 36.6 Å². The van der Waals surface area contributed by atoms with Crippen molar-refractivity contribution in [2.75, 3.05) is 16.8 Å². The zero-order valence-electron chi connectivity index (χ0n) is 17.8. The number of anilines is 2. The summed E-state index contributed by atoms with van der Waals surface area (Å²) in [5, 5.41) is 7.19. The Balaban J connectivity index is 1.44. The molecule has 2 aliphatic heterocycles. The molecular formula is C23H21FN4O4S. The molecule has 2 aromatic carbocycles. The Morgan fingerprint density at radius 3 is 2.61 bits per heavy atom. The zero-order chi connectivity index (χ0) is 23.3. The second-order valence-electron chi connectivity index (χ2n) is 8.43. The summed E-state index contributed by atoms with van der Waals surface area (Å²) < 4.78 is 39.1. The number of fused-ring (bicyclic) bond motifs is 1. The third-order valence-electron chi connectivity index (χ3n) is 5.91. The fourth-order valence-electron chi connectivity index (χ4n) is 4.29. The van der Waals surface area contributed by atoms with Crippen LogP contribution in [0.2, 0.25) is 0 Å². The summed E-state index contributed by atoms with van der Waals surface area (Å²) in [5.74, 6) is -1.80. The minimum absolute atomic E-state index is 0.0466. The van der Waals surface area contributed by atoms with E-state index in [-0.39, 0.29) is 36.2 Å². The van der Waals surface area contributed by atoms with E-state index in [1.807, 2.05) is 31.2 Å². The van der Waals surface area contributed by atoms with Crippen molar-refractivity contribution in [2.24, 2.45) is 5.92 Å². The van der Waals surface area contributed by atoms with E-state index in [1.165, 1.54) is 28.9 Å². The smallest absolute Gasteiger partial charge is 0.230 e. The third-order valence-corrected chi connectivity index (χ3v) is 7.35. The number of benzene rings is 2. The number of nitrogens with one attached hydrogen (secondary N) is 1. The Hall–Kier alpha value is -3.53. The van der Waals surface area contributed by atoms with Gasteiger partial charge in [0, 0.05) is 24.2 Å². The summed E-state index contributed by atoms with van der Waals surface area (Å²) in [6.45, 7) is 2.15. The van der Waals surface area contributed by atoms with Crippen LogP contribution in [0.4, 0.5) is 15.9 Å². The van der Waals surface area contributed by atoms with Crippen LogP contribution in [0.25, 0.3) is 5.69 Å². The number of carbonyl (C=O) groups excluding carboxylic acids is 2. The van der Waals surface area contributed by atoms with E-state index in [0.717, 1.165) is 11.3 Å². The standard InChI is InChI=1S/C23H21FN4O4S/c1-14-3-2-4-18(9-14)27-11-15(10-21(27)29)23(30)25-22-19-12-33(31,32)13-20(19)26-28(22)17-7-5-16(24)6-8-17/h2-9,15H,10-13H2,1H3,(H,25,30). The second kappa shape index (κ2) is 7.80. The number of halogens is 1. The molecule has 1 aromatic heterocycles. The van der Waals surface area contributed by atoms with Gasteiger partial charge in [0.1, 0.15) is 11.6 Å². The molecule has 0 saturated carbocycles. The number of aromatic nitrogens is 2. The van der Waals surface area contributed by atoms with Gasteiger partial charge in [-0.3, -0.25) is 9.59 Å². The van der Waals surface area contributed by atoms with Crippen LogP contribution in [0.5, 0.6) is 0 Å². The molecule has 1 N–H and O–H groups in total. The number of hydrogen-bond donors (Lipinski definition) is 1. The Morgan fingerprint density at radius 2 is 1.88 bits per heavy atom. The van der Waals surface area contributed by atoms with Gasteiger partial charge in [-0.1, -0.05) is 12.1 Å². The highest BCUT2D eigenvalue weighted by Gasteiger charge is 2.38. The second-order valence-corrected chi connectivity index (χ2v) is 10.5. The van der Waals surface area contributed by atoms with E-state index in [9.17, 15) is 22.4 Å². The van der Waals surface area contributed by atoms with E-state index in [1.54, 1.807) is 4.90 Å². The van der Waals surface area contributed by atoms with Crippen LogP contribution < -0.4 is 10.2 Å². The topological polar surface area (TPSA) is 101 Å². The van der Waals surface area contributed by atoms with E-state index in [2.05, 4.69) is 10.4 Å². The minimum Gasteiger partial charge on any atom is -0.312 e. The van der Waals surface area contributed by atoms with Gasteiger partial charge in [0.2, 0.25) is 11.8 Å². The predicted octanol–water partition coefficient (Wildman–Crippen LogP) is 2.74. The van der Waals surface area contributed by atoms with Crippen LogP contribution in [0.1, 0.15) is 23.2 Å². The molecule has 1 atom stereocenters. The van der Waals surface area contributed by atoms with E-state index in [4.69, 9.17) is 0 Å². The number of carbonyl (C=O) groups is 2. The first kappa shape index (κ1) is 21.3. The highest BCUT2D eigenvalue weighted by atomic mass is 32.2. The maximum Gasteiger partial charge on any atom is 0.230 e. The minimum atomic E-state index is -3.35. The maximum atomic E-state index is 13.4. The molecule has 0 aliphatic carbocycles. The molecule has 2 amide bonds. The van der Waals surface area contributed by atoms with Crippen molar-refractivity contribution in [3.8, 4) is 5.69 Å². The van der Waals surface area contributed by atoms with Gasteiger partial charge < -0.3 is 10.2 Å². The molecule has 1 fully saturated rings. The lowest BCUT2D eigenvalue weighted by molar-refractivity contribution is -0.122. The van der Waals surface area contributed by atoms with Crippen molar-refractivity contribution in [2.45, 2.75) is 24.9 Å². The van der Waals surface area contributed by atoms with Gasteiger partial charge in [0.25, 0.3) is 0 Å². The average molecular weight is 469 g/mol. The lowest BCUT2D eigenvalue weighted by Crippen LogP contribution is -2.29. The van der Waals surface area contributed by atoms with Crippen LogP contribution in [-0.2, 0) is 30.9 Å². The van der Waals surface area contributed by atoms with Crippen LogP contribution in [0, 0.1) is 18.7 Å². The first-order valence-electron chi connectivity index (χ1n) is 10.5. The lowest BCUT2D eigenvalue weighted by Gasteiger charge is -2.17. The Labute approximate surface area is 189 Å². The number of aryl methyl sites for hydroxylation is 1. The summed E-state index contributed by atoms with van der Waals surface area (Å²) in [4.78, 5) is 27.4. The van der Waals surface area contributed by atoms with E-state index in [0.29, 0.717) is 16.9 Å². The molecule has 0 radical (unpaired) electrons. The Bertz CT molecular complexity index is 1380. The monoisotopic (exact) mass is 468 g/mol. The normalized spacial score (nSPS) is 19.0. The fourth-order valence-corrected chi connectivity index (χ4v) is 5.78. The molecule has 8 nitrogen and oxygen atoms in total. The summed E-state index contributed by atoms with van der Waals surface area (Å²) in [5.41, 5.74) is 3.01. The molecule has 2 aliphatic rings. The van der Waals surface area contributed by atoms with E-state index < -0.39 is 27.5 Å². The fraction of sp³-hybridized carbons (Fsp3) is 0.261. The maximum absolute atomic E-state index is 13.4. The van der Waals surface area contributed by atoms with Crippen LogP contribution in [0.15, 0.2) is 48.5 Å². The number of amides is 2. The van der Waals surface area contributed by atoms with Crippen molar-refractivity contribution in [3.63, 3.8) is 0 Å². The van der Waals surface area contributed by atoms with Gasteiger partial charge in [-0.05, 0) is 48.9 Å². The average Bonchev–Trinajstić information content (AvgIpc) is 3.39. The van der Waals surface area contributed by atoms with Crippen molar-refractivity contribution < 1.29 is 22.4 Å². The first-order chi connectivity index (χ1) is 15.7. The molecular weight excluding hydrogens is 447 g/mol. The number of nitrogens with zero attached hydrogens (tertiary/aromatic N) is 3. The van der Waals surface area contributed by atoms with Gasteiger partial charge in [0.15, 0.2) is 9.84 Å². The van der Waals surface area contributed by atoms with Gasteiger partial charge in [-0.15, -0.1) is 0 Å². The molecule has 10 heteroatoms. The van der Waals surface area contributed by atoms with Gasteiger partial charge in [0.05, 0.1) is 28.8 Å². The van der Waals surface area contributed by atoms with Gasteiger partial charge in [-0.25, -0.2) is 17.5 Å². The Morgan fingerprint density at radius 1 is 1.12 bits per heavy atom. The highest BCUT2D eigenvalue weighted by Crippen LogP contribution is 2.34. The molecule has 5 rings (SSSR count). The summed E-state index contributed by atoms with van der Waals surface area (Å²) in [7, 11) is -3.35. The van der Waals surface area contributed by atoms with Gasteiger partial charge in [-0.2, -0.15) is 5.10 Å². The highest BCUT2D eigenvalue weighted by molar-refractivity contribution is 7.90. The largest absolute Gasteiger partial charge is 0.312 e. The first-order valence-corrected chi connectivity index (χ1v) is 12.3. The summed E-state index contributed by atoms with van der Waals surface area (Å²) >= 11 is 0. The molecule has 0 bridgehead atoms. The van der Waals surface area contributed by atoms with Crippen LogP contribution >= 0.6 is 0 Å². The van der Waals surface area contributed by atoms with Crippen molar-refractivity contribution in [3.05, 3.63) is 71.2 Å². The molecule has 3 aromatic rings. The van der Waals surface area contributed by atoms with Crippen molar-refractivity contribution >= 4 is 33.2 Å². The molecule has 1 saturated heterocycles. The molecule has 1 unspecified atom stereocenters. The quantitative estimate of drug-likeness (QED) is 0.635. The number of hydrogen-bond acceptors (Lipinski definition) is 5. The molecule has 3 heterocycles. The Kier molecular flexibility index (Phi) is 5.04. The molecule has 170 valence electrons. The molecule has 0 spiro atoms. The molecule has 33 heavy (non-hydrogen) atoms. The third kappa shape index (κ3) is 4.02. The number of rotatable bonds is 4. The van der Waals surface area contributed by atoms with E-state index >= 15 is 0 Å². The SMILES string of the molecule is Cc1cccc(N2CC(C(=O)Nc3c4c(nn3-c3ccc(F)cc3)CS(=O)(=O)C4)CC2=O)c1. The summed E-state index contributed by atoms with van der Waals surface area (Å²) in [6, 6.07) is 13.0. The number of sulfone groups is 1. The summed E-state index contributed by atoms with van der Waals surface area (Å²) in [6.07, 6.45) is 0.0466.